The van der Waals surface area contributed by atoms with E-state index in [2.05, 4.69) is 17.1 Å². The first-order valence-electron chi connectivity index (χ1n) is 5.78. The topological polar surface area (TPSA) is 35.5 Å². The lowest BCUT2D eigenvalue weighted by Gasteiger charge is -2.41. The molecule has 1 rings (SSSR count). The molecule has 1 fully saturated rings. The van der Waals surface area contributed by atoms with Gasteiger partial charge in [-0.3, -0.25) is 0 Å². The van der Waals surface area contributed by atoms with E-state index in [0.717, 1.165) is 13.0 Å². The Morgan fingerprint density at radius 1 is 1.50 bits per heavy atom. The van der Waals surface area contributed by atoms with Crippen LogP contribution in [0.25, 0.3) is 0 Å². The average molecular weight is 200 g/mol. The van der Waals surface area contributed by atoms with Crippen LogP contribution in [0.3, 0.4) is 0 Å². The maximum absolute atomic E-state index is 9.40. The highest BCUT2D eigenvalue weighted by Crippen LogP contribution is 2.20. The third-order valence-electron chi connectivity index (χ3n) is 3.32. The standard InChI is InChI=1S/C11H24N2O/c1-3-4-7-13-8-5-6-11(9-13,10-14)12-2/h12,14H,3-10H2,1-2H3. The predicted molar refractivity (Wildman–Crippen MR) is 59.5 cm³/mol. The zero-order chi connectivity index (χ0) is 10.4. The first-order valence-corrected chi connectivity index (χ1v) is 5.78. The zero-order valence-corrected chi connectivity index (χ0v) is 9.55. The van der Waals surface area contributed by atoms with Crippen molar-refractivity contribution < 1.29 is 5.11 Å². The molecule has 3 heteroatoms. The summed E-state index contributed by atoms with van der Waals surface area (Å²) >= 11 is 0. The Bertz CT molecular complexity index is 157. The molecule has 1 aliphatic heterocycles. The lowest BCUT2D eigenvalue weighted by Crippen LogP contribution is -2.58. The second-order valence-electron chi connectivity index (χ2n) is 4.42. The number of rotatable bonds is 5. The van der Waals surface area contributed by atoms with Crippen LogP contribution < -0.4 is 5.32 Å². The smallest absolute Gasteiger partial charge is 0.0625 e. The molecule has 1 heterocycles. The summed E-state index contributed by atoms with van der Waals surface area (Å²) in [5, 5.41) is 12.7. The molecular weight excluding hydrogens is 176 g/mol. The Morgan fingerprint density at radius 2 is 2.29 bits per heavy atom. The summed E-state index contributed by atoms with van der Waals surface area (Å²) in [5.41, 5.74) is -0.0357. The van der Waals surface area contributed by atoms with Crippen molar-refractivity contribution in [3.63, 3.8) is 0 Å². The van der Waals surface area contributed by atoms with E-state index < -0.39 is 0 Å². The van der Waals surface area contributed by atoms with E-state index in [1.807, 2.05) is 7.05 Å². The third-order valence-corrected chi connectivity index (χ3v) is 3.32. The first kappa shape index (κ1) is 12.0. The predicted octanol–water partition coefficient (Wildman–Crippen LogP) is 0.833. The van der Waals surface area contributed by atoms with E-state index in [1.165, 1.54) is 32.4 Å². The van der Waals surface area contributed by atoms with Gasteiger partial charge in [0.2, 0.25) is 0 Å². The van der Waals surface area contributed by atoms with Crippen LogP contribution in [0.5, 0.6) is 0 Å². The number of likely N-dealkylation sites (tertiary alicyclic amines) is 1. The summed E-state index contributed by atoms with van der Waals surface area (Å²) in [4.78, 5) is 2.47. The van der Waals surface area contributed by atoms with Crippen LogP contribution in [0.4, 0.5) is 0 Å². The van der Waals surface area contributed by atoms with Crippen molar-refractivity contribution in [1.82, 2.24) is 10.2 Å². The van der Waals surface area contributed by atoms with Gasteiger partial charge >= 0.3 is 0 Å². The highest BCUT2D eigenvalue weighted by molar-refractivity contribution is 4.93. The Balaban J connectivity index is 2.41. The Kier molecular flexibility index (Phi) is 4.85. The molecule has 3 nitrogen and oxygen atoms in total. The second kappa shape index (κ2) is 5.69. The minimum absolute atomic E-state index is 0.0357. The molecule has 0 aromatic rings. The lowest BCUT2D eigenvalue weighted by atomic mass is 9.90. The van der Waals surface area contributed by atoms with Crippen LogP contribution in [0, 0.1) is 0 Å². The van der Waals surface area contributed by atoms with Crippen LogP contribution in [0.1, 0.15) is 32.6 Å². The fourth-order valence-corrected chi connectivity index (χ4v) is 2.21. The highest BCUT2D eigenvalue weighted by atomic mass is 16.3. The van der Waals surface area contributed by atoms with Crippen LogP contribution in [0.2, 0.25) is 0 Å². The molecule has 84 valence electrons. The van der Waals surface area contributed by atoms with E-state index in [4.69, 9.17) is 0 Å². The molecule has 0 aliphatic carbocycles. The van der Waals surface area contributed by atoms with Crippen LogP contribution >= 0.6 is 0 Å². The minimum atomic E-state index is -0.0357. The van der Waals surface area contributed by atoms with Gasteiger partial charge in [0.15, 0.2) is 0 Å². The van der Waals surface area contributed by atoms with Gasteiger partial charge < -0.3 is 15.3 Å². The van der Waals surface area contributed by atoms with Crippen LogP contribution in [-0.4, -0.2) is 48.8 Å². The SMILES string of the molecule is CCCCN1CCCC(CO)(NC)C1. The molecule has 0 saturated carbocycles. The number of hydrogen-bond acceptors (Lipinski definition) is 3. The summed E-state index contributed by atoms with van der Waals surface area (Å²) < 4.78 is 0. The number of nitrogens with zero attached hydrogens (tertiary/aromatic N) is 1. The molecule has 1 atom stereocenters. The average Bonchev–Trinajstić information content (AvgIpc) is 2.26. The van der Waals surface area contributed by atoms with Gasteiger partial charge in [-0.1, -0.05) is 13.3 Å². The molecule has 2 N–H and O–H groups in total. The van der Waals surface area contributed by atoms with E-state index in [0.29, 0.717) is 0 Å². The van der Waals surface area contributed by atoms with Crippen molar-refractivity contribution in [3.8, 4) is 0 Å². The summed E-state index contributed by atoms with van der Waals surface area (Å²) in [7, 11) is 1.96. The monoisotopic (exact) mass is 200 g/mol. The summed E-state index contributed by atoms with van der Waals surface area (Å²) in [6.07, 6.45) is 4.82. The van der Waals surface area contributed by atoms with Gasteiger partial charge in [0, 0.05) is 6.54 Å². The molecule has 1 aliphatic rings. The number of piperidine rings is 1. The second-order valence-corrected chi connectivity index (χ2v) is 4.42. The zero-order valence-electron chi connectivity index (χ0n) is 9.55. The number of aliphatic hydroxyl groups is 1. The minimum Gasteiger partial charge on any atom is -0.394 e. The van der Waals surface area contributed by atoms with E-state index in [9.17, 15) is 5.11 Å². The fraction of sp³-hybridized carbons (Fsp3) is 1.00. The number of aliphatic hydroxyl groups excluding tert-OH is 1. The molecular formula is C11H24N2O. The van der Waals surface area contributed by atoms with Crippen molar-refractivity contribution >= 4 is 0 Å². The quantitative estimate of drug-likeness (QED) is 0.690. The molecule has 0 spiro atoms. The van der Waals surface area contributed by atoms with E-state index in [1.54, 1.807) is 0 Å². The van der Waals surface area contributed by atoms with E-state index in [-0.39, 0.29) is 12.1 Å². The molecule has 1 saturated heterocycles. The molecule has 0 amide bonds. The van der Waals surface area contributed by atoms with Crippen LogP contribution in [0.15, 0.2) is 0 Å². The normalized spacial score (nSPS) is 29.4. The van der Waals surface area contributed by atoms with Gasteiger partial charge in [-0.25, -0.2) is 0 Å². The largest absolute Gasteiger partial charge is 0.394 e. The number of nitrogens with one attached hydrogen (secondary N) is 1. The summed E-state index contributed by atoms with van der Waals surface area (Å²) in [6, 6.07) is 0. The molecule has 14 heavy (non-hydrogen) atoms. The van der Waals surface area contributed by atoms with Crippen molar-refractivity contribution in [2.45, 2.75) is 38.1 Å². The van der Waals surface area contributed by atoms with Gasteiger partial charge in [-0.2, -0.15) is 0 Å². The van der Waals surface area contributed by atoms with Gasteiger partial charge in [0.05, 0.1) is 12.1 Å². The Labute approximate surface area is 87.5 Å². The van der Waals surface area contributed by atoms with E-state index >= 15 is 0 Å². The van der Waals surface area contributed by atoms with Crippen molar-refractivity contribution in [3.05, 3.63) is 0 Å². The lowest BCUT2D eigenvalue weighted by molar-refractivity contribution is 0.0722. The van der Waals surface area contributed by atoms with Gasteiger partial charge in [0.25, 0.3) is 0 Å². The van der Waals surface area contributed by atoms with Gasteiger partial charge in [-0.15, -0.1) is 0 Å². The van der Waals surface area contributed by atoms with Gasteiger partial charge in [-0.05, 0) is 39.4 Å². The highest BCUT2D eigenvalue weighted by Gasteiger charge is 2.32. The number of likely N-dealkylation sites (N-methyl/N-ethyl adjacent to an activating group) is 1. The van der Waals surface area contributed by atoms with Crippen molar-refractivity contribution in [2.24, 2.45) is 0 Å². The Hall–Kier alpha value is -0.120. The van der Waals surface area contributed by atoms with Crippen LogP contribution in [-0.2, 0) is 0 Å². The summed E-state index contributed by atoms with van der Waals surface area (Å²) in [5.74, 6) is 0. The molecule has 0 aromatic heterocycles. The number of unbranched alkanes of at least 4 members (excludes halogenated alkanes) is 1. The van der Waals surface area contributed by atoms with Crippen molar-refractivity contribution in [2.75, 3.05) is 33.3 Å². The maximum atomic E-state index is 9.40. The first-order chi connectivity index (χ1) is 6.76. The molecule has 0 bridgehead atoms. The molecule has 1 unspecified atom stereocenters. The fourth-order valence-electron chi connectivity index (χ4n) is 2.21. The third kappa shape index (κ3) is 2.94. The molecule has 0 radical (unpaired) electrons. The van der Waals surface area contributed by atoms with Crippen molar-refractivity contribution in [1.29, 1.82) is 0 Å². The van der Waals surface area contributed by atoms with Gasteiger partial charge in [0.1, 0.15) is 0 Å². The Morgan fingerprint density at radius 3 is 2.86 bits per heavy atom. The summed E-state index contributed by atoms with van der Waals surface area (Å²) in [6.45, 7) is 5.86. The maximum Gasteiger partial charge on any atom is 0.0625 e. The number of hydrogen-bond donors (Lipinski definition) is 2. The molecule has 0 aromatic carbocycles.